The number of anilines is 1. The average Bonchev–Trinajstić information content (AvgIpc) is 2.46. The molecule has 0 radical (unpaired) electrons. The Kier molecular flexibility index (Phi) is 4.91. The molecule has 1 N–H and O–H groups in total. The lowest BCUT2D eigenvalue weighted by Crippen LogP contribution is -2.51. The third kappa shape index (κ3) is 3.22. The summed E-state index contributed by atoms with van der Waals surface area (Å²) in [7, 11) is 1.90. The first-order valence-electron chi connectivity index (χ1n) is 7.38. The molecule has 2 unspecified atom stereocenters. The molecule has 1 aliphatic heterocycles. The van der Waals surface area contributed by atoms with Gasteiger partial charge < -0.3 is 19.5 Å². The lowest BCUT2D eigenvalue weighted by atomic mass is 9.88. The van der Waals surface area contributed by atoms with Crippen molar-refractivity contribution in [2.45, 2.75) is 38.6 Å². The summed E-state index contributed by atoms with van der Waals surface area (Å²) in [4.78, 5) is 0. The third-order valence-corrected chi connectivity index (χ3v) is 3.68. The smallest absolute Gasteiger partial charge is 0.132 e. The zero-order chi connectivity index (χ0) is 15.5. The standard InChI is InChI=1S/C17H25NO3/c1-6-10-20-16-15(19-7-2)13-11-12(18-5)8-9-14(13)21-17(16,3)4/h6,8-9,11,15-16,18H,1,7,10H2,2-5H3. The van der Waals surface area contributed by atoms with Gasteiger partial charge in [0.2, 0.25) is 0 Å². The number of hydrogen-bond donors (Lipinski definition) is 1. The van der Waals surface area contributed by atoms with E-state index in [1.807, 2.05) is 40.0 Å². The maximum atomic E-state index is 6.14. The number of benzene rings is 1. The number of hydrogen-bond acceptors (Lipinski definition) is 4. The quantitative estimate of drug-likeness (QED) is 0.814. The van der Waals surface area contributed by atoms with Gasteiger partial charge in [-0.25, -0.2) is 0 Å². The van der Waals surface area contributed by atoms with E-state index in [1.165, 1.54) is 0 Å². The Morgan fingerprint density at radius 1 is 1.38 bits per heavy atom. The van der Waals surface area contributed by atoms with Gasteiger partial charge in [0.15, 0.2) is 0 Å². The van der Waals surface area contributed by atoms with Crippen LogP contribution < -0.4 is 10.1 Å². The Morgan fingerprint density at radius 2 is 2.14 bits per heavy atom. The molecule has 2 atom stereocenters. The van der Waals surface area contributed by atoms with Crippen molar-refractivity contribution in [3.8, 4) is 5.75 Å². The molecule has 2 rings (SSSR count). The highest BCUT2D eigenvalue weighted by Crippen LogP contribution is 2.44. The molecule has 0 spiro atoms. The van der Waals surface area contributed by atoms with Gasteiger partial charge in [-0.3, -0.25) is 0 Å². The van der Waals surface area contributed by atoms with E-state index < -0.39 is 5.60 Å². The Balaban J connectivity index is 2.43. The summed E-state index contributed by atoms with van der Waals surface area (Å²) in [5.41, 5.74) is 1.60. The highest BCUT2D eigenvalue weighted by atomic mass is 16.6. The van der Waals surface area contributed by atoms with E-state index in [-0.39, 0.29) is 12.2 Å². The lowest BCUT2D eigenvalue weighted by molar-refractivity contribution is -0.155. The molecule has 0 aliphatic carbocycles. The maximum absolute atomic E-state index is 6.14. The first-order chi connectivity index (χ1) is 10.0. The Morgan fingerprint density at radius 3 is 2.76 bits per heavy atom. The van der Waals surface area contributed by atoms with Crippen molar-refractivity contribution in [2.75, 3.05) is 25.6 Å². The van der Waals surface area contributed by atoms with Gasteiger partial charge in [-0.15, -0.1) is 6.58 Å². The van der Waals surface area contributed by atoms with Crippen molar-refractivity contribution in [1.29, 1.82) is 0 Å². The van der Waals surface area contributed by atoms with Crippen LogP contribution in [-0.2, 0) is 9.47 Å². The summed E-state index contributed by atoms with van der Waals surface area (Å²) in [5.74, 6) is 0.857. The highest BCUT2D eigenvalue weighted by molar-refractivity contribution is 5.53. The van der Waals surface area contributed by atoms with Crippen LogP contribution >= 0.6 is 0 Å². The van der Waals surface area contributed by atoms with E-state index in [0.717, 1.165) is 17.0 Å². The van der Waals surface area contributed by atoms with Gasteiger partial charge in [0.05, 0.1) is 6.61 Å². The topological polar surface area (TPSA) is 39.7 Å². The van der Waals surface area contributed by atoms with E-state index in [0.29, 0.717) is 13.2 Å². The van der Waals surface area contributed by atoms with Gasteiger partial charge >= 0.3 is 0 Å². The fourth-order valence-electron chi connectivity index (χ4n) is 2.70. The number of fused-ring (bicyclic) bond motifs is 1. The fraction of sp³-hybridized carbons (Fsp3) is 0.529. The second-order valence-corrected chi connectivity index (χ2v) is 5.63. The van der Waals surface area contributed by atoms with Crippen LogP contribution in [0.15, 0.2) is 30.9 Å². The summed E-state index contributed by atoms with van der Waals surface area (Å²) < 4.78 is 18.1. The summed E-state index contributed by atoms with van der Waals surface area (Å²) in [6, 6.07) is 6.05. The Hall–Kier alpha value is -1.52. The molecule has 21 heavy (non-hydrogen) atoms. The number of ether oxygens (including phenoxy) is 3. The molecule has 0 bridgehead atoms. The molecular weight excluding hydrogens is 266 g/mol. The normalized spacial score (nSPS) is 23.0. The third-order valence-electron chi connectivity index (χ3n) is 3.68. The molecule has 1 heterocycles. The van der Waals surface area contributed by atoms with E-state index in [2.05, 4.69) is 18.0 Å². The predicted molar refractivity (Wildman–Crippen MR) is 85.0 cm³/mol. The van der Waals surface area contributed by atoms with Gasteiger partial charge in [0, 0.05) is 24.9 Å². The van der Waals surface area contributed by atoms with Crippen molar-refractivity contribution in [3.63, 3.8) is 0 Å². The predicted octanol–water partition coefficient (Wildman–Crippen LogP) is 3.55. The molecule has 116 valence electrons. The minimum absolute atomic E-state index is 0.151. The van der Waals surface area contributed by atoms with Crippen molar-refractivity contribution < 1.29 is 14.2 Å². The average molecular weight is 291 g/mol. The molecule has 0 saturated heterocycles. The fourth-order valence-corrected chi connectivity index (χ4v) is 2.70. The van der Waals surface area contributed by atoms with Crippen LogP contribution in [0, 0.1) is 0 Å². The second kappa shape index (κ2) is 6.50. The molecule has 4 heteroatoms. The zero-order valence-corrected chi connectivity index (χ0v) is 13.3. The Bertz CT molecular complexity index is 499. The molecule has 4 nitrogen and oxygen atoms in total. The maximum Gasteiger partial charge on any atom is 0.132 e. The molecule has 0 amide bonds. The van der Waals surface area contributed by atoms with Gasteiger partial charge in [0.1, 0.15) is 23.6 Å². The first kappa shape index (κ1) is 15.9. The number of rotatable bonds is 6. The minimum atomic E-state index is -0.461. The van der Waals surface area contributed by atoms with Gasteiger partial charge in [-0.2, -0.15) is 0 Å². The van der Waals surface area contributed by atoms with Gasteiger partial charge in [-0.1, -0.05) is 6.08 Å². The van der Waals surface area contributed by atoms with Gasteiger partial charge in [0.25, 0.3) is 0 Å². The summed E-state index contributed by atoms with van der Waals surface area (Å²) in [5, 5.41) is 3.15. The zero-order valence-electron chi connectivity index (χ0n) is 13.3. The minimum Gasteiger partial charge on any atom is -0.485 e. The molecule has 1 aromatic carbocycles. The van der Waals surface area contributed by atoms with Crippen LogP contribution in [0.1, 0.15) is 32.4 Å². The van der Waals surface area contributed by atoms with Crippen molar-refractivity contribution in [1.82, 2.24) is 0 Å². The van der Waals surface area contributed by atoms with E-state index in [1.54, 1.807) is 6.08 Å². The SMILES string of the molecule is C=CCOC1C(OCC)c2cc(NC)ccc2OC1(C)C. The molecule has 1 aliphatic rings. The summed E-state index contributed by atoms with van der Waals surface area (Å²) >= 11 is 0. The molecule has 0 aromatic heterocycles. The largest absolute Gasteiger partial charge is 0.485 e. The van der Waals surface area contributed by atoms with Crippen LogP contribution in [0.25, 0.3) is 0 Å². The Labute approximate surface area is 127 Å². The lowest BCUT2D eigenvalue weighted by Gasteiger charge is -2.44. The highest BCUT2D eigenvalue weighted by Gasteiger charge is 2.45. The molecule has 1 aromatic rings. The summed E-state index contributed by atoms with van der Waals surface area (Å²) in [6.07, 6.45) is 1.41. The monoisotopic (exact) mass is 291 g/mol. The van der Waals surface area contributed by atoms with Gasteiger partial charge in [-0.05, 0) is 39.0 Å². The summed E-state index contributed by atoms with van der Waals surface area (Å²) in [6.45, 7) is 10.9. The van der Waals surface area contributed by atoms with Crippen LogP contribution in [0.2, 0.25) is 0 Å². The molecule has 0 saturated carbocycles. The van der Waals surface area contributed by atoms with Crippen molar-refractivity contribution in [3.05, 3.63) is 36.4 Å². The van der Waals surface area contributed by atoms with E-state index in [9.17, 15) is 0 Å². The van der Waals surface area contributed by atoms with Crippen LogP contribution in [0.4, 0.5) is 5.69 Å². The van der Waals surface area contributed by atoms with E-state index in [4.69, 9.17) is 14.2 Å². The molecule has 0 fully saturated rings. The van der Waals surface area contributed by atoms with Crippen molar-refractivity contribution >= 4 is 5.69 Å². The van der Waals surface area contributed by atoms with Crippen LogP contribution in [-0.4, -0.2) is 32.0 Å². The van der Waals surface area contributed by atoms with Crippen LogP contribution in [0.3, 0.4) is 0 Å². The van der Waals surface area contributed by atoms with Crippen molar-refractivity contribution in [2.24, 2.45) is 0 Å². The number of nitrogens with one attached hydrogen (secondary N) is 1. The van der Waals surface area contributed by atoms with E-state index >= 15 is 0 Å². The second-order valence-electron chi connectivity index (χ2n) is 5.63. The molecular formula is C17H25NO3. The first-order valence-corrected chi connectivity index (χ1v) is 7.38. The van der Waals surface area contributed by atoms with Crippen LogP contribution in [0.5, 0.6) is 5.75 Å².